The summed E-state index contributed by atoms with van der Waals surface area (Å²) in [4.78, 5) is 0. The van der Waals surface area contributed by atoms with Crippen LogP contribution in [-0.4, -0.2) is 34.2 Å². The fraction of sp³-hybridized carbons (Fsp3) is 1.00. The third-order valence-electron chi connectivity index (χ3n) is 0.713. The monoisotopic (exact) mass is 209 g/mol. The summed E-state index contributed by atoms with van der Waals surface area (Å²) in [5.41, 5.74) is -5.50. The van der Waals surface area contributed by atoms with Crippen molar-refractivity contribution in [2.45, 2.75) is 5.51 Å². The van der Waals surface area contributed by atoms with Gasteiger partial charge in [-0.15, -0.1) is 0 Å². The summed E-state index contributed by atoms with van der Waals surface area (Å²) in [6.45, 7) is -2.47. The number of rotatable bonds is 4. The van der Waals surface area contributed by atoms with Crippen LogP contribution in [0.15, 0.2) is 0 Å². The zero-order valence-corrected chi connectivity index (χ0v) is 6.78. The normalized spacial score (nSPS) is 17.2. The van der Waals surface area contributed by atoms with E-state index >= 15 is 0 Å². The molecule has 0 aliphatic heterocycles. The standard InChI is InChI=1S/C4H7F3O4S/c1-10-2-3-11-12(8,9)4(5,6)7/h2-3H2,1H3/i3D. The molecule has 0 spiro atoms. The molecule has 0 radical (unpaired) electrons. The van der Waals surface area contributed by atoms with Crippen molar-refractivity contribution in [2.75, 3.05) is 20.3 Å². The maximum atomic E-state index is 11.6. The van der Waals surface area contributed by atoms with Gasteiger partial charge >= 0.3 is 15.6 Å². The van der Waals surface area contributed by atoms with Crippen molar-refractivity contribution in [3.05, 3.63) is 0 Å². The Hall–Kier alpha value is -0.340. The Morgan fingerprint density at radius 1 is 1.50 bits per heavy atom. The Balaban J connectivity index is 4.36. The van der Waals surface area contributed by atoms with Crippen LogP contribution in [0.3, 0.4) is 0 Å². The van der Waals surface area contributed by atoms with Crippen LogP contribution in [0, 0.1) is 0 Å². The van der Waals surface area contributed by atoms with Crippen LogP contribution in [-0.2, 0) is 19.0 Å². The first-order chi connectivity index (χ1) is 5.70. The molecule has 0 fully saturated rings. The van der Waals surface area contributed by atoms with Gasteiger partial charge in [-0.2, -0.15) is 21.6 Å². The predicted molar refractivity (Wildman–Crippen MR) is 32.8 cm³/mol. The van der Waals surface area contributed by atoms with Gasteiger partial charge in [-0.3, -0.25) is 4.18 Å². The van der Waals surface area contributed by atoms with E-state index < -0.39 is 28.8 Å². The molecule has 1 atom stereocenters. The summed E-state index contributed by atoms with van der Waals surface area (Å²) in [6, 6.07) is 0. The summed E-state index contributed by atoms with van der Waals surface area (Å²) in [6.07, 6.45) is 0. The summed E-state index contributed by atoms with van der Waals surface area (Å²) >= 11 is 0. The molecule has 1 unspecified atom stereocenters. The fourth-order valence-corrected chi connectivity index (χ4v) is 0.584. The Bertz CT molecular complexity index is 249. The second-order valence-corrected chi connectivity index (χ2v) is 3.18. The minimum Gasteiger partial charge on any atom is -0.382 e. The molecule has 8 heteroatoms. The van der Waals surface area contributed by atoms with Crippen LogP contribution >= 0.6 is 0 Å². The number of hydrogen-bond acceptors (Lipinski definition) is 4. The first-order valence-electron chi connectivity index (χ1n) is 3.19. The van der Waals surface area contributed by atoms with Gasteiger partial charge in [0.15, 0.2) is 0 Å². The van der Waals surface area contributed by atoms with Crippen molar-refractivity contribution in [1.29, 1.82) is 0 Å². The lowest BCUT2D eigenvalue weighted by Gasteiger charge is -2.06. The van der Waals surface area contributed by atoms with Gasteiger partial charge in [-0.05, 0) is 0 Å². The maximum absolute atomic E-state index is 11.6. The topological polar surface area (TPSA) is 52.6 Å². The van der Waals surface area contributed by atoms with Gasteiger partial charge in [-0.1, -0.05) is 0 Å². The van der Waals surface area contributed by atoms with Gasteiger partial charge in [-0.25, -0.2) is 0 Å². The number of halogens is 3. The molecule has 0 aromatic rings. The number of methoxy groups -OCH3 is 1. The van der Waals surface area contributed by atoms with E-state index in [-0.39, 0.29) is 0 Å². The van der Waals surface area contributed by atoms with Crippen LogP contribution in [0.5, 0.6) is 0 Å². The van der Waals surface area contributed by atoms with E-state index in [4.69, 9.17) is 1.37 Å². The molecule has 0 bridgehead atoms. The summed E-state index contributed by atoms with van der Waals surface area (Å²) in [5, 5.41) is 0. The lowest BCUT2D eigenvalue weighted by Crippen LogP contribution is -2.26. The Morgan fingerprint density at radius 2 is 2.00 bits per heavy atom. The summed E-state index contributed by atoms with van der Waals surface area (Å²) in [7, 11) is -4.58. The van der Waals surface area contributed by atoms with E-state index in [1.165, 1.54) is 0 Å². The SMILES string of the molecule is [2H]C(COC)OS(=O)(=O)C(F)(F)F. The maximum Gasteiger partial charge on any atom is 0.523 e. The molecule has 0 rings (SSSR count). The average Bonchev–Trinajstić information content (AvgIpc) is 1.83. The van der Waals surface area contributed by atoms with Crippen LogP contribution in [0.1, 0.15) is 1.37 Å². The number of ether oxygens (including phenoxy) is 1. The van der Waals surface area contributed by atoms with E-state index in [9.17, 15) is 21.6 Å². The van der Waals surface area contributed by atoms with Crippen molar-refractivity contribution in [3.63, 3.8) is 0 Å². The Morgan fingerprint density at radius 3 is 2.33 bits per heavy atom. The zero-order chi connectivity index (χ0) is 10.7. The van der Waals surface area contributed by atoms with Crippen molar-refractivity contribution < 1.29 is 31.9 Å². The number of alkyl halides is 3. The molecule has 4 nitrogen and oxygen atoms in total. The molecule has 0 amide bonds. The van der Waals surface area contributed by atoms with E-state index in [0.29, 0.717) is 0 Å². The number of hydrogen-bond donors (Lipinski definition) is 0. The van der Waals surface area contributed by atoms with Crippen molar-refractivity contribution >= 4 is 10.1 Å². The predicted octanol–water partition coefficient (Wildman–Crippen LogP) is 0.499. The second-order valence-electron chi connectivity index (χ2n) is 1.62. The van der Waals surface area contributed by atoms with Gasteiger partial charge in [0.05, 0.1) is 14.6 Å². The lowest BCUT2D eigenvalue weighted by molar-refractivity contribution is -0.0551. The molecule has 0 aliphatic carbocycles. The van der Waals surface area contributed by atoms with E-state index in [0.717, 1.165) is 7.11 Å². The van der Waals surface area contributed by atoms with Crippen molar-refractivity contribution in [3.8, 4) is 0 Å². The van der Waals surface area contributed by atoms with Crippen molar-refractivity contribution in [2.24, 2.45) is 0 Å². The molecule has 74 valence electrons. The minimum atomic E-state index is -5.69. The highest BCUT2D eigenvalue weighted by Crippen LogP contribution is 2.24. The Kier molecular flexibility index (Phi) is 3.29. The fourth-order valence-electron chi connectivity index (χ4n) is 0.240. The quantitative estimate of drug-likeness (QED) is 0.499. The van der Waals surface area contributed by atoms with Gasteiger partial charge in [0.25, 0.3) is 0 Å². The molecule has 0 aromatic heterocycles. The highest BCUT2D eigenvalue weighted by Gasteiger charge is 2.47. The molecule has 0 N–H and O–H groups in total. The van der Waals surface area contributed by atoms with Crippen LogP contribution < -0.4 is 0 Å². The molecule has 12 heavy (non-hydrogen) atoms. The smallest absolute Gasteiger partial charge is 0.382 e. The molecule has 0 heterocycles. The van der Waals surface area contributed by atoms with Gasteiger partial charge in [0.2, 0.25) is 0 Å². The molecule has 0 aromatic carbocycles. The van der Waals surface area contributed by atoms with Crippen molar-refractivity contribution in [1.82, 2.24) is 0 Å². The van der Waals surface area contributed by atoms with E-state index in [2.05, 4.69) is 8.92 Å². The Labute approximate surface area is 68.8 Å². The third kappa shape index (κ3) is 3.37. The minimum absolute atomic E-state index is 0.560. The molecular weight excluding hydrogens is 201 g/mol. The highest BCUT2D eigenvalue weighted by molar-refractivity contribution is 7.87. The summed E-state index contributed by atoms with van der Waals surface area (Å²) in [5.74, 6) is 0. The lowest BCUT2D eigenvalue weighted by atomic mass is 10.8. The first-order valence-corrected chi connectivity index (χ1v) is 4.02. The largest absolute Gasteiger partial charge is 0.523 e. The van der Waals surface area contributed by atoms with E-state index in [1.807, 2.05) is 0 Å². The highest BCUT2D eigenvalue weighted by atomic mass is 32.2. The average molecular weight is 209 g/mol. The first kappa shape index (κ1) is 9.75. The van der Waals surface area contributed by atoms with Gasteiger partial charge < -0.3 is 4.74 Å². The molecule has 0 aliphatic rings. The van der Waals surface area contributed by atoms with Crippen LogP contribution in [0.4, 0.5) is 13.2 Å². The van der Waals surface area contributed by atoms with E-state index in [1.54, 1.807) is 0 Å². The van der Waals surface area contributed by atoms with Gasteiger partial charge in [0.1, 0.15) is 0 Å². The zero-order valence-electron chi connectivity index (χ0n) is 6.96. The second kappa shape index (κ2) is 4.06. The molecule has 0 saturated heterocycles. The summed E-state index contributed by atoms with van der Waals surface area (Å²) < 4.78 is 69.6. The third-order valence-corrected chi connectivity index (χ3v) is 1.67. The van der Waals surface area contributed by atoms with Gasteiger partial charge in [0, 0.05) is 7.11 Å². The molecule has 0 saturated carbocycles. The van der Waals surface area contributed by atoms with Crippen LogP contribution in [0.2, 0.25) is 0 Å². The van der Waals surface area contributed by atoms with Crippen LogP contribution in [0.25, 0.3) is 0 Å². The molecular formula is C4H7F3O4S.